The van der Waals surface area contributed by atoms with E-state index in [1.807, 2.05) is 31.1 Å². The lowest BCUT2D eigenvalue weighted by Crippen LogP contribution is -2.23. The molecule has 0 atom stereocenters. The fraction of sp³-hybridized carbons (Fsp3) is 0.500. The Bertz CT molecular complexity index is 320. The lowest BCUT2D eigenvalue weighted by molar-refractivity contribution is 0.913. The van der Waals surface area contributed by atoms with E-state index in [2.05, 4.69) is 32.1 Å². The molecule has 2 N–H and O–H groups in total. The molecule has 1 aromatic rings. The number of anilines is 1. The molecule has 1 aromatic heterocycles. The summed E-state index contributed by atoms with van der Waals surface area (Å²) in [7, 11) is 2.05. The number of thioether (sulfide) groups is 1. The molecule has 0 aliphatic carbocycles. The highest BCUT2D eigenvalue weighted by Crippen LogP contribution is 2.20. The number of aromatic nitrogens is 1. The number of nitrogens with zero attached hydrogens (tertiary/aromatic N) is 2. The van der Waals surface area contributed by atoms with E-state index >= 15 is 0 Å². The summed E-state index contributed by atoms with van der Waals surface area (Å²) in [6.07, 6.45) is 3.91. The molecule has 0 aliphatic rings. The number of halogens is 1. The maximum Gasteiger partial charge on any atom is 0.132 e. The van der Waals surface area contributed by atoms with E-state index in [1.54, 1.807) is 0 Å². The summed E-state index contributed by atoms with van der Waals surface area (Å²) in [5.74, 6) is 2.08. The van der Waals surface area contributed by atoms with Gasteiger partial charge in [0.15, 0.2) is 0 Å². The zero-order valence-corrected chi connectivity index (χ0v) is 11.4. The summed E-state index contributed by atoms with van der Waals surface area (Å²) in [5.41, 5.74) is 6.77. The van der Waals surface area contributed by atoms with Crippen LogP contribution in [0.1, 0.15) is 5.56 Å². The predicted octanol–water partition coefficient (Wildman–Crippen LogP) is 2.10. The minimum absolute atomic E-state index is 0.519. The lowest BCUT2D eigenvalue weighted by Gasteiger charge is -2.20. The maximum absolute atomic E-state index is 5.69. The molecular formula is C10H16BrN3S. The van der Waals surface area contributed by atoms with Crippen LogP contribution in [0, 0.1) is 0 Å². The highest BCUT2D eigenvalue weighted by molar-refractivity contribution is 9.10. The van der Waals surface area contributed by atoms with Gasteiger partial charge in [-0.15, -0.1) is 0 Å². The molecule has 0 aliphatic heterocycles. The Morgan fingerprint density at radius 1 is 1.60 bits per heavy atom. The van der Waals surface area contributed by atoms with Gasteiger partial charge in [0, 0.05) is 42.1 Å². The van der Waals surface area contributed by atoms with Crippen molar-refractivity contribution in [2.75, 3.05) is 30.5 Å². The average molecular weight is 290 g/mol. The van der Waals surface area contributed by atoms with Crippen molar-refractivity contribution < 1.29 is 0 Å². The van der Waals surface area contributed by atoms with Crippen LogP contribution in [-0.4, -0.2) is 30.6 Å². The fourth-order valence-electron chi connectivity index (χ4n) is 1.30. The Labute approximate surface area is 104 Å². The Hall–Kier alpha value is -0.260. The lowest BCUT2D eigenvalue weighted by atomic mass is 10.2. The molecule has 5 heteroatoms. The van der Waals surface area contributed by atoms with E-state index in [0.717, 1.165) is 28.2 Å². The van der Waals surface area contributed by atoms with Crippen molar-refractivity contribution in [3.63, 3.8) is 0 Å². The van der Waals surface area contributed by atoms with Crippen molar-refractivity contribution in [1.29, 1.82) is 0 Å². The molecule has 0 fully saturated rings. The molecular weight excluding hydrogens is 274 g/mol. The van der Waals surface area contributed by atoms with Crippen molar-refractivity contribution in [2.45, 2.75) is 6.54 Å². The van der Waals surface area contributed by atoms with Crippen LogP contribution in [0.2, 0.25) is 0 Å². The molecule has 0 bridgehead atoms. The van der Waals surface area contributed by atoms with Gasteiger partial charge in [-0.3, -0.25) is 0 Å². The molecule has 0 amide bonds. The van der Waals surface area contributed by atoms with Crippen LogP contribution >= 0.6 is 27.7 Å². The quantitative estimate of drug-likeness (QED) is 0.902. The standard InChI is InChI=1S/C10H16BrN3S/c1-14(3-4-15-2)10-8(6-12)5-9(11)7-13-10/h5,7H,3-4,6,12H2,1-2H3. The molecule has 0 spiro atoms. The summed E-state index contributed by atoms with van der Waals surface area (Å²) in [5, 5.41) is 0. The third kappa shape index (κ3) is 3.66. The van der Waals surface area contributed by atoms with Gasteiger partial charge in [-0.25, -0.2) is 4.98 Å². The predicted molar refractivity (Wildman–Crippen MR) is 71.5 cm³/mol. The molecule has 0 radical (unpaired) electrons. The Morgan fingerprint density at radius 3 is 2.93 bits per heavy atom. The minimum Gasteiger partial charge on any atom is -0.359 e. The Kier molecular flexibility index (Phi) is 5.42. The fourth-order valence-corrected chi connectivity index (χ4v) is 2.14. The zero-order chi connectivity index (χ0) is 11.3. The van der Waals surface area contributed by atoms with Crippen LogP contribution in [0.4, 0.5) is 5.82 Å². The highest BCUT2D eigenvalue weighted by atomic mass is 79.9. The van der Waals surface area contributed by atoms with Gasteiger partial charge in [0.2, 0.25) is 0 Å². The monoisotopic (exact) mass is 289 g/mol. The molecule has 3 nitrogen and oxygen atoms in total. The second-order valence-corrected chi connectivity index (χ2v) is 5.16. The van der Waals surface area contributed by atoms with Crippen molar-refractivity contribution in [3.05, 3.63) is 22.3 Å². The van der Waals surface area contributed by atoms with Crippen LogP contribution < -0.4 is 10.6 Å². The summed E-state index contributed by atoms with van der Waals surface area (Å²) < 4.78 is 0.977. The second-order valence-electron chi connectivity index (χ2n) is 3.25. The summed E-state index contributed by atoms with van der Waals surface area (Å²) in [4.78, 5) is 6.54. The van der Waals surface area contributed by atoms with E-state index in [1.165, 1.54) is 0 Å². The van der Waals surface area contributed by atoms with Crippen LogP contribution in [0.3, 0.4) is 0 Å². The molecule has 15 heavy (non-hydrogen) atoms. The molecule has 0 aromatic carbocycles. The van der Waals surface area contributed by atoms with Crippen LogP contribution in [0.5, 0.6) is 0 Å². The summed E-state index contributed by atoms with van der Waals surface area (Å²) in [6.45, 7) is 1.51. The average Bonchev–Trinajstić information content (AvgIpc) is 2.25. The molecule has 1 heterocycles. The number of nitrogens with two attached hydrogens (primary N) is 1. The zero-order valence-electron chi connectivity index (χ0n) is 9.03. The van der Waals surface area contributed by atoms with Crippen molar-refractivity contribution >= 4 is 33.5 Å². The van der Waals surface area contributed by atoms with E-state index in [9.17, 15) is 0 Å². The van der Waals surface area contributed by atoms with Crippen molar-refractivity contribution in [3.8, 4) is 0 Å². The topological polar surface area (TPSA) is 42.2 Å². The third-order valence-corrected chi connectivity index (χ3v) is 3.15. The minimum atomic E-state index is 0.519. The first kappa shape index (κ1) is 12.8. The molecule has 0 saturated carbocycles. The first-order chi connectivity index (χ1) is 7.19. The van der Waals surface area contributed by atoms with E-state index in [0.29, 0.717) is 6.54 Å². The molecule has 0 saturated heterocycles. The largest absolute Gasteiger partial charge is 0.359 e. The van der Waals surface area contributed by atoms with Gasteiger partial charge in [-0.2, -0.15) is 11.8 Å². The Balaban J connectivity index is 2.82. The maximum atomic E-state index is 5.69. The van der Waals surface area contributed by atoms with E-state index < -0.39 is 0 Å². The van der Waals surface area contributed by atoms with Gasteiger partial charge >= 0.3 is 0 Å². The molecule has 1 rings (SSSR count). The summed E-state index contributed by atoms with van der Waals surface area (Å²) >= 11 is 5.23. The van der Waals surface area contributed by atoms with Gasteiger partial charge in [0.05, 0.1) is 0 Å². The third-order valence-electron chi connectivity index (χ3n) is 2.12. The number of pyridine rings is 1. The first-order valence-corrected chi connectivity index (χ1v) is 6.92. The molecule has 0 unspecified atom stereocenters. The van der Waals surface area contributed by atoms with Gasteiger partial charge in [-0.05, 0) is 28.3 Å². The van der Waals surface area contributed by atoms with Gasteiger partial charge in [0.1, 0.15) is 5.82 Å². The normalized spacial score (nSPS) is 10.4. The summed E-state index contributed by atoms with van der Waals surface area (Å²) in [6, 6.07) is 2.03. The van der Waals surface area contributed by atoms with E-state index in [4.69, 9.17) is 5.73 Å². The van der Waals surface area contributed by atoms with Gasteiger partial charge in [0.25, 0.3) is 0 Å². The first-order valence-electron chi connectivity index (χ1n) is 4.73. The van der Waals surface area contributed by atoms with Crippen molar-refractivity contribution in [1.82, 2.24) is 4.98 Å². The number of hydrogen-bond donors (Lipinski definition) is 1. The van der Waals surface area contributed by atoms with Gasteiger partial charge in [-0.1, -0.05) is 0 Å². The molecule has 84 valence electrons. The SMILES string of the molecule is CSCCN(C)c1ncc(Br)cc1CN. The smallest absolute Gasteiger partial charge is 0.132 e. The van der Waals surface area contributed by atoms with Crippen LogP contribution in [0.15, 0.2) is 16.7 Å². The van der Waals surface area contributed by atoms with Crippen molar-refractivity contribution in [2.24, 2.45) is 5.73 Å². The number of hydrogen-bond acceptors (Lipinski definition) is 4. The van der Waals surface area contributed by atoms with Gasteiger partial charge < -0.3 is 10.6 Å². The van der Waals surface area contributed by atoms with E-state index in [-0.39, 0.29) is 0 Å². The second kappa shape index (κ2) is 6.35. The Morgan fingerprint density at radius 2 is 2.33 bits per heavy atom. The van der Waals surface area contributed by atoms with Crippen LogP contribution in [-0.2, 0) is 6.54 Å². The highest BCUT2D eigenvalue weighted by Gasteiger charge is 2.07. The number of rotatable bonds is 5. The van der Waals surface area contributed by atoms with Crippen LogP contribution in [0.25, 0.3) is 0 Å².